The molecular weight excluding hydrogens is 228 g/mol. The molecule has 0 aromatic heterocycles. The van der Waals surface area contributed by atoms with Gasteiger partial charge in [0.25, 0.3) is 0 Å². The molecule has 1 atom stereocenters. The third-order valence-electron chi connectivity index (χ3n) is 2.62. The summed E-state index contributed by atoms with van der Waals surface area (Å²) in [6.45, 7) is 8.92. The highest BCUT2D eigenvalue weighted by molar-refractivity contribution is 6.19. The fraction of sp³-hybridized carbons (Fsp3) is 0.818. The second-order valence-corrected chi connectivity index (χ2v) is 5.34. The van der Waals surface area contributed by atoms with E-state index in [0.29, 0.717) is 12.5 Å². The smallest absolute Gasteiger partial charge is 0.321 e. The molecule has 2 N–H and O–H groups in total. The first-order valence-corrected chi connectivity index (χ1v) is 5.94. The molecule has 3 amide bonds. The van der Waals surface area contributed by atoms with Gasteiger partial charge in [-0.3, -0.25) is 10.1 Å². The molecule has 0 fully saturated rings. The zero-order chi connectivity index (χ0) is 12.8. The molecular formula is C11H21ClN2O2. The molecule has 5 heteroatoms. The van der Waals surface area contributed by atoms with Crippen molar-refractivity contribution < 1.29 is 9.59 Å². The third kappa shape index (κ3) is 6.67. The molecule has 0 aromatic rings. The van der Waals surface area contributed by atoms with Crippen LogP contribution in [0.2, 0.25) is 0 Å². The van der Waals surface area contributed by atoms with Crippen molar-refractivity contribution in [2.45, 2.75) is 34.1 Å². The molecule has 0 aliphatic carbocycles. The molecule has 0 saturated heterocycles. The van der Waals surface area contributed by atoms with Crippen LogP contribution in [0.4, 0.5) is 4.79 Å². The summed E-state index contributed by atoms with van der Waals surface area (Å²) >= 11 is 5.37. The molecule has 0 radical (unpaired) electrons. The summed E-state index contributed by atoms with van der Waals surface area (Å²) in [5.74, 6) is 0.203. The minimum absolute atomic E-state index is 0.132. The Kier molecular flexibility index (Phi) is 6.41. The number of hydrogen-bond donors (Lipinski definition) is 2. The van der Waals surface area contributed by atoms with E-state index in [1.54, 1.807) is 0 Å². The van der Waals surface area contributed by atoms with E-state index < -0.39 is 6.03 Å². The maximum absolute atomic E-state index is 11.3. The normalized spacial score (nSPS) is 13.1. The minimum Gasteiger partial charge on any atom is -0.338 e. The largest absolute Gasteiger partial charge is 0.338 e. The number of carbonyl (C=O) groups excluding carboxylic acids is 2. The summed E-state index contributed by atoms with van der Waals surface area (Å²) in [5, 5.41) is 4.88. The molecule has 0 spiro atoms. The van der Waals surface area contributed by atoms with Crippen LogP contribution in [0.1, 0.15) is 34.1 Å². The Hall–Kier alpha value is -0.770. The quantitative estimate of drug-likeness (QED) is 0.749. The Morgan fingerprint density at radius 1 is 1.31 bits per heavy atom. The molecule has 0 rings (SSSR count). The highest BCUT2D eigenvalue weighted by Crippen LogP contribution is 2.24. The van der Waals surface area contributed by atoms with Crippen molar-refractivity contribution in [2.24, 2.45) is 11.3 Å². The van der Waals surface area contributed by atoms with E-state index in [1.807, 2.05) is 0 Å². The van der Waals surface area contributed by atoms with E-state index in [-0.39, 0.29) is 23.6 Å². The first-order valence-electron chi connectivity index (χ1n) is 5.41. The molecule has 4 nitrogen and oxygen atoms in total. The molecule has 1 unspecified atom stereocenters. The van der Waals surface area contributed by atoms with Gasteiger partial charge in [-0.05, 0) is 11.3 Å². The summed E-state index contributed by atoms with van der Waals surface area (Å²) in [4.78, 5) is 22.3. The second-order valence-electron chi connectivity index (χ2n) is 4.96. The number of nitrogens with one attached hydrogen (secondary N) is 2. The number of alkyl halides is 1. The summed E-state index contributed by atoms with van der Waals surface area (Å²) in [7, 11) is 0. The van der Waals surface area contributed by atoms with E-state index >= 15 is 0 Å². The predicted octanol–water partition coefficient (Wildman–Crippen LogP) is 2.12. The fourth-order valence-corrected chi connectivity index (χ4v) is 1.04. The lowest BCUT2D eigenvalue weighted by Gasteiger charge is -2.27. The molecule has 0 heterocycles. The minimum atomic E-state index is -0.453. The van der Waals surface area contributed by atoms with Crippen molar-refractivity contribution >= 4 is 23.5 Å². The van der Waals surface area contributed by atoms with Crippen LogP contribution in [0.25, 0.3) is 0 Å². The zero-order valence-electron chi connectivity index (χ0n) is 10.4. The van der Waals surface area contributed by atoms with Gasteiger partial charge in [0.15, 0.2) is 0 Å². The monoisotopic (exact) mass is 248 g/mol. The highest BCUT2D eigenvalue weighted by atomic mass is 35.5. The highest BCUT2D eigenvalue weighted by Gasteiger charge is 2.20. The van der Waals surface area contributed by atoms with Crippen molar-refractivity contribution in [2.75, 3.05) is 12.4 Å². The number of carbonyl (C=O) groups is 2. The number of imide groups is 1. The van der Waals surface area contributed by atoms with E-state index in [4.69, 9.17) is 11.6 Å². The number of rotatable bonds is 4. The molecule has 16 heavy (non-hydrogen) atoms. The first kappa shape index (κ1) is 15.2. The van der Waals surface area contributed by atoms with Gasteiger partial charge < -0.3 is 5.32 Å². The van der Waals surface area contributed by atoms with Crippen LogP contribution in [0.3, 0.4) is 0 Å². The van der Waals surface area contributed by atoms with Crippen LogP contribution in [0, 0.1) is 11.3 Å². The lowest BCUT2D eigenvalue weighted by molar-refractivity contribution is -0.119. The van der Waals surface area contributed by atoms with Gasteiger partial charge in [-0.25, -0.2) is 4.79 Å². The van der Waals surface area contributed by atoms with E-state index in [9.17, 15) is 9.59 Å². The maximum Gasteiger partial charge on any atom is 0.321 e. The number of hydrogen-bond acceptors (Lipinski definition) is 2. The van der Waals surface area contributed by atoms with Gasteiger partial charge in [0.2, 0.25) is 5.91 Å². The molecule has 0 aliphatic heterocycles. The van der Waals surface area contributed by atoms with Crippen LogP contribution < -0.4 is 10.6 Å². The number of halogens is 1. The Morgan fingerprint density at radius 3 is 2.31 bits per heavy atom. The summed E-state index contributed by atoms with van der Waals surface area (Å²) in [6, 6.07) is -0.453. The van der Waals surface area contributed by atoms with Gasteiger partial charge in [-0.15, -0.1) is 11.6 Å². The average Bonchev–Trinajstić information content (AvgIpc) is 2.12. The number of urea groups is 1. The van der Waals surface area contributed by atoms with E-state index in [1.165, 1.54) is 0 Å². The van der Waals surface area contributed by atoms with Crippen LogP contribution in [0.15, 0.2) is 0 Å². The van der Waals surface area contributed by atoms with Gasteiger partial charge in [-0.1, -0.05) is 27.7 Å². The Morgan fingerprint density at radius 2 is 1.88 bits per heavy atom. The Balaban J connectivity index is 3.86. The summed E-state index contributed by atoms with van der Waals surface area (Å²) in [5.41, 5.74) is 0.132. The van der Waals surface area contributed by atoms with E-state index in [2.05, 4.69) is 38.3 Å². The summed E-state index contributed by atoms with van der Waals surface area (Å²) < 4.78 is 0. The van der Waals surface area contributed by atoms with Crippen LogP contribution >= 0.6 is 11.6 Å². The fourth-order valence-electron chi connectivity index (χ4n) is 0.871. The van der Waals surface area contributed by atoms with Gasteiger partial charge in [0, 0.05) is 18.8 Å². The second kappa shape index (κ2) is 6.74. The molecule has 0 saturated carbocycles. The van der Waals surface area contributed by atoms with Crippen molar-refractivity contribution in [3.05, 3.63) is 0 Å². The van der Waals surface area contributed by atoms with Crippen molar-refractivity contribution in [3.63, 3.8) is 0 Å². The first-order chi connectivity index (χ1) is 7.27. The lowest BCUT2D eigenvalue weighted by Crippen LogP contribution is -2.42. The zero-order valence-corrected chi connectivity index (χ0v) is 11.1. The third-order valence-corrected chi connectivity index (χ3v) is 2.81. The van der Waals surface area contributed by atoms with Crippen LogP contribution in [-0.4, -0.2) is 24.4 Å². The SMILES string of the molecule is CC(CNC(=O)NC(=O)CCCl)C(C)(C)C. The van der Waals surface area contributed by atoms with E-state index in [0.717, 1.165) is 0 Å². The van der Waals surface area contributed by atoms with Crippen molar-refractivity contribution in [3.8, 4) is 0 Å². The average molecular weight is 249 g/mol. The lowest BCUT2D eigenvalue weighted by atomic mass is 9.82. The standard InChI is InChI=1S/C11H21ClN2O2/c1-8(11(2,3)4)7-13-10(16)14-9(15)5-6-12/h8H,5-7H2,1-4H3,(H2,13,14,15,16). The van der Waals surface area contributed by atoms with Crippen molar-refractivity contribution in [1.29, 1.82) is 0 Å². The van der Waals surface area contributed by atoms with Crippen LogP contribution in [0.5, 0.6) is 0 Å². The predicted molar refractivity (Wildman–Crippen MR) is 65.5 cm³/mol. The van der Waals surface area contributed by atoms with Crippen molar-refractivity contribution in [1.82, 2.24) is 10.6 Å². The molecule has 0 aromatic carbocycles. The van der Waals surface area contributed by atoms with Crippen LogP contribution in [-0.2, 0) is 4.79 Å². The Bertz CT molecular complexity index is 249. The summed E-state index contributed by atoms with van der Waals surface area (Å²) in [6.07, 6.45) is 0.157. The van der Waals surface area contributed by atoms with Gasteiger partial charge in [-0.2, -0.15) is 0 Å². The number of amides is 3. The molecule has 0 aliphatic rings. The molecule has 94 valence electrons. The molecule has 0 bridgehead atoms. The maximum atomic E-state index is 11.3. The van der Waals surface area contributed by atoms with Gasteiger partial charge >= 0.3 is 6.03 Å². The van der Waals surface area contributed by atoms with Gasteiger partial charge in [0.05, 0.1) is 0 Å². The topological polar surface area (TPSA) is 58.2 Å². The Labute approximate surface area is 102 Å². The van der Waals surface area contributed by atoms with Gasteiger partial charge in [0.1, 0.15) is 0 Å².